The summed E-state index contributed by atoms with van der Waals surface area (Å²) in [6.07, 6.45) is 1.67. The van der Waals surface area contributed by atoms with Gasteiger partial charge in [0.25, 0.3) is 0 Å². The van der Waals surface area contributed by atoms with Gasteiger partial charge in [0.1, 0.15) is 5.82 Å². The molecule has 0 saturated carbocycles. The lowest BCUT2D eigenvalue weighted by atomic mass is 10.4. The first-order valence-corrected chi connectivity index (χ1v) is 6.12. The second kappa shape index (κ2) is 6.78. The second-order valence-electron chi connectivity index (χ2n) is 3.91. The van der Waals surface area contributed by atoms with Crippen LogP contribution < -0.4 is 10.2 Å². The van der Waals surface area contributed by atoms with Gasteiger partial charge < -0.3 is 15.1 Å². The summed E-state index contributed by atoms with van der Waals surface area (Å²) >= 11 is 0. The van der Waals surface area contributed by atoms with Gasteiger partial charge in [0.2, 0.25) is 11.9 Å². The maximum atomic E-state index is 12.0. The first-order chi connectivity index (χ1) is 8.62. The van der Waals surface area contributed by atoms with Gasteiger partial charge in [-0.1, -0.05) is 0 Å². The third-order valence-electron chi connectivity index (χ3n) is 2.74. The fraction of sp³-hybridized carbons (Fsp3) is 0.583. The van der Waals surface area contributed by atoms with Crippen molar-refractivity contribution in [3.05, 3.63) is 12.3 Å². The molecule has 1 aromatic heterocycles. The number of nitrogens with zero attached hydrogens (tertiary/aromatic N) is 4. The molecule has 0 saturated heterocycles. The predicted octanol–water partition coefficient (Wildman–Crippen LogP) is 0.823. The van der Waals surface area contributed by atoms with Crippen molar-refractivity contribution in [2.45, 2.75) is 13.8 Å². The van der Waals surface area contributed by atoms with Crippen LogP contribution in [0.4, 0.5) is 11.8 Å². The molecule has 0 aliphatic carbocycles. The summed E-state index contributed by atoms with van der Waals surface area (Å²) in [6, 6.07) is 1.79. The summed E-state index contributed by atoms with van der Waals surface area (Å²) in [7, 11) is 3.61. The summed E-state index contributed by atoms with van der Waals surface area (Å²) in [5.74, 6) is 1.39. The molecule has 1 rings (SSSR count). The van der Waals surface area contributed by atoms with Crippen LogP contribution in [-0.2, 0) is 4.79 Å². The lowest BCUT2D eigenvalue weighted by Gasteiger charge is -2.23. The molecule has 6 nitrogen and oxygen atoms in total. The van der Waals surface area contributed by atoms with E-state index in [0.717, 1.165) is 18.9 Å². The third-order valence-corrected chi connectivity index (χ3v) is 2.74. The highest BCUT2D eigenvalue weighted by atomic mass is 16.2. The highest BCUT2D eigenvalue weighted by Crippen LogP contribution is 2.10. The molecule has 100 valence electrons. The predicted molar refractivity (Wildman–Crippen MR) is 72.8 cm³/mol. The Kier molecular flexibility index (Phi) is 5.35. The molecule has 1 amide bonds. The molecule has 1 aromatic rings. The first kappa shape index (κ1) is 14.2. The van der Waals surface area contributed by atoms with Gasteiger partial charge in [-0.05, 0) is 19.9 Å². The molecule has 6 heteroatoms. The second-order valence-corrected chi connectivity index (χ2v) is 3.91. The lowest BCUT2D eigenvalue weighted by Crippen LogP contribution is -2.39. The maximum absolute atomic E-state index is 12.0. The van der Waals surface area contributed by atoms with Crippen molar-refractivity contribution >= 4 is 17.7 Å². The SMILES string of the molecule is CCN(CC)C(=O)CN(C)c1ccnc(NC)n1. The smallest absolute Gasteiger partial charge is 0.242 e. The van der Waals surface area contributed by atoms with Crippen molar-refractivity contribution in [3.8, 4) is 0 Å². The quantitative estimate of drug-likeness (QED) is 0.811. The Morgan fingerprint density at radius 3 is 2.61 bits per heavy atom. The minimum absolute atomic E-state index is 0.104. The molecular formula is C12H21N5O. The number of hydrogen-bond donors (Lipinski definition) is 1. The largest absolute Gasteiger partial charge is 0.357 e. The summed E-state index contributed by atoms with van der Waals surface area (Å²) < 4.78 is 0. The number of hydrogen-bond acceptors (Lipinski definition) is 5. The van der Waals surface area contributed by atoms with E-state index in [4.69, 9.17) is 0 Å². The molecule has 0 fully saturated rings. The Morgan fingerprint density at radius 2 is 2.06 bits per heavy atom. The zero-order valence-corrected chi connectivity index (χ0v) is 11.5. The van der Waals surface area contributed by atoms with Crippen LogP contribution in [0.5, 0.6) is 0 Å². The standard InChI is InChI=1S/C12H21N5O/c1-5-17(6-2)11(18)9-16(4)10-7-8-14-12(13-3)15-10/h7-8H,5-6,9H2,1-4H3,(H,13,14,15). The summed E-state index contributed by atoms with van der Waals surface area (Å²) in [6.45, 7) is 5.74. The van der Waals surface area contributed by atoms with Gasteiger partial charge in [0.05, 0.1) is 6.54 Å². The molecule has 1 N–H and O–H groups in total. The van der Waals surface area contributed by atoms with Gasteiger partial charge in [0.15, 0.2) is 0 Å². The molecule has 0 spiro atoms. The zero-order chi connectivity index (χ0) is 13.5. The van der Waals surface area contributed by atoms with Gasteiger partial charge in [-0.25, -0.2) is 4.98 Å². The number of carbonyl (C=O) groups excluding carboxylic acids is 1. The number of carbonyl (C=O) groups is 1. The average molecular weight is 251 g/mol. The Hall–Kier alpha value is -1.85. The number of nitrogens with one attached hydrogen (secondary N) is 1. The van der Waals surface area contributed by atoms with E-state index < -0.39 is 0 Å². The molecule has 0 aliphatic rings. The number of amides is 1. The molecule has 1 heterocycles. The van der Waals surface area contributed by atoms with E-state index >= 15 is 0 Å². The number of rotatable bonds is 6. The Balaban J connectivity index is 2.69. The summed E-state index contributed by atoms with van der Waals surface area (Å²) in [5, 5.41) is 2.88. The van der Waals surface area contributed by atoms with Crippen LogP contribution in [0.2, 0.25) is 0 Å². The minimum Gasteiger partial charge on any atom is -0.357 e. The van der Waals surface area contributed by atoms with Crippen LogP contribution in [0, 0.1) is 0 Å². The van der Waals surface area contributed by atoms with Crippen LogP contribution in [0.1, 0.15) is 13.8 Å². The zero-order valence-electron chi connectivity index (χ0n) is 11.5. The van der Waals surface area contributed by atoms with E-state index in [2.05, 4.69) is 15.3 Å². The van der Waals surface area contributed by atoms with Crippen molar-refractivity contribution in [1.29, 1.82) is 0 Å². The minimum atomic E-state index is 0.104. The Bertz CT molecular complexity index is 392. The molecule has 0 radical (unpaired) electrons. The number of likely N-dealkylation sites (N-methyl/N-ethyl adjacent to an activating group) is 2. The van der Waals surface area contributed by atoms with Crippen molar-refractivity contribution in [2.75, 3.05) is 43.9 Å². The Labute approximate surface area is 108 Å². The van der Waals surface area contributed by atoms with E-state index in [-0.39, 0.29) is 5.91 Å². The maximum Gasteiger partial charge on any atom is 0.242 e. The fourth-order valence-electron chi connectivity index (χ4n) is 1.64. The van der Waals surface area contributed by atoms with Crippen molar-refractivity contribution in [2.24, 2.45) is 0 Å². The van der Waals surface area contributed by atoms with Crippen LogP contribution >= 0.6 is 0 Å². The van der Waals surface area contributed by atoms with Gasteiger partial charge in [-0.15, -0.1) is 0 Å². The fourth-order valence-corrected chi connectivity index (χ4v) is 1.64. The molecule has 0 unspecified atom stereocenters. The first-order valence-electron chi connectivity index (χ1n) is 6.12. The van der Waals surface area contributed by atoms with Gasteiger partial charge >= 0.3 is 0 Å². The van der Waals surface area contributed by atoms with Crippen LogP contribution in [0.3, 0.4) is 0 Å². The number of anilines is 2. The highest BCUT2D eigenvalue weighted by Gasteiger charge is 2.13. The lowest BCUT2D eigenvalue weighted by molar-refractivity contribution is -0.129. The van der Waals surface area contributed by atoms with E-state index in [1.165, 1.54) is 0 Å². The topological polar surface area (TPSA) is 61.4 Å². The van der Waals surface area contributed by atoms with Crippen LogP contribution in [0.15, 0.2) is 12.3 Å². The van der Waals surface area contributed by atoms with Gasteiger partial charge in [0, 0.05) is 33.4 Å². The van der Waals surface area contributed by atoms with E-state index in [0.29, 0.717) is 12.5 Å². The van der Waals surface area contributed by atoms with Gasteiger partial charge in [-0.3, -0.25) is 4.79 Å². The molecule has 0 bridgehead atoms. The van der Waals surface area contributed by atoms with Gasteiger partial charge in [-0.2, -0.15) is 4.98 Å². The van der Waals surface area contributed by atoms with Crippen molar-refractivity contribution in [3.63, 3.8) is 0 Å². The van der Waals surface area contributed by atoms with E-state index in [9.17, 15) is 4.79 Å². The molecular weight excluding hydrogens is 230 g/mol. The number of aromatic nitrogens is 2. The summed E-state index contributed by atoms with van der Waals surface area (Å²) in [4.78, 5) is 23.9. The average Bonchev–Trinajstić information content (AvgIpc) is 2.40. The normalized spacial score (nSPS) is 10.0. The van der Waals surface area contributed by atoms with Crippen LogP contribution in [0.25, 0.3) is 0 Å². The third kappa shape index (κ3) is 3.58. The highest BCUT2D eigenvalue weighted by molar-refractivity contribution is 5.81. The van der Waals surface area contributed by atoms with E-state index in [1.54, 1.807) is 24.2 Å². The summed E-state index contributed by atoms with van der Waals surface area (Å²) in [5.41, 5.74) is 0. The molecule has 18 heavy (non-hydrogen) atoms. The molecule has 0 aromatic carbocycles. The van der Waals surface area contributed by atoms with E-state index in [1.807, 2.05) is 25.8 Å². The monoisotopic (exact) mass is 251 g/mol. The van der Waals surface area contributed by atoms with Crippen molar-refractivity contribution in [1.82, 2.24) is 14.9 Å². The Morgan fingerprint density at radius 1 is 1.39 bits per heavy atom. The molecule has 0 atom stereocenters. The van der Waals surface area contributed by atoms with Crippen molar-refractivity contribution < 1.29 is 4.79 Å². The van der Waals surface area contributed by atoms with Crippen LogP contribution in [-0.4, -0.2) is 54.5 Å². The molecule has 0 aliphatic heterocycles.